The van der Waals surface area contributed by atoms with Gasteiger partial charge in [-0.25, -0.2) is 13.1 Å². The third-order valence-electron chi connectivity index (χ3n) is 2.01. The van der Waals surface area contributed by atoms with E-state index in [0.717, 1.165) is 18.7 Å². The first kappa shape index (κ1) is 12.0. The number of nitrogens with one attached hydrogen (secondary N) is 2. The van der Waals surface area contributed by atoms with Crippen LogP contribution in [0.2, 0.25) is 0 Å². The van der Waals surface area contributed by atoms with Crippen LogP contribution in [0.5, 0.6) is 0 Å². The van der Waals surface area contributed by atoms with Gasteiger partial charge in [-0.05, 0) is 37.7 Å². The van der Waals surface area contributed by atoms with Crippen LogP contribution in [0.3, 0.4) is 0 Å². The fourth-order valence-electron chi connectivity index (χ4n) is 1.14. The van der Waals surface area contributed by atoms with E-state index < -0.39 is 10.0 Å². The van der Waals surface area contributed by atoms with E-state index in [4.69, 9.17) is 0 Å². The zero-order chi connectivity index (χ0) is 11.3. The molecule has 1 aromatic carbocycles. The third kappa shape index (κ3) is 3.21. The van der Waals surface area contributed by atoms with Crippen LogP contribution >= 0.6 is 0 Å². The van der Waals surface area contributed by atoms with Crippen molar-refractivity contribution in [2.45, 2.75) is 18.2 Å². The van der Waals surface area contributed by atoms with Gasteiger partial charge < -0.3 is 5.32 Å². The average molecular weight is 228 g/mol. The van der Waals surface area contributed by atoms with Gasteiger partial charge in [0.1, 0.15) is 0 Å². The largest absolute Gasteiger partial charge is 0.385 e. The van der Waals surface area contributed by atoms with Crippen molar-refractivity contribution in [2.24, 2.45) is 0 Å². The molecule has 0 spiro atoms. The van der Waals surface area contributed by atoms with Crippen LogP contribution in [0, 0.1) is 0 Å². The summed E-state index contributed by atoms with van der Waals surface area (Å²) in [5.41, 5.74) is 0.937. The molecule has 0 radical (unpaired) electrons. The molecule has 0 aliphatic rings. The summed E-state index contributed by atoms with van der Waals surface area (Å²) in [6, 6.07) is 6.70. The Morgan fingerprint density at radius 3 is 2.27 bits per heavy atom. The van der Waals surface area contributed by atoms with Gasteiger partial charge in [0.05, 0.1) is 4.90 Å². The minimum Gasteiger partial charge on any atom is -0.385 e. The predicted octanol–water partition coefficient (Wildman–Crippen LogP) is 1.42. The van der Waals surface area contributed by atoms with Gasteiger partial charge in [0.2, 0.25) is 10.0 Å². The SMILES string of the molecule is CCCNc1ccc(S(=O)(=O)NC)cc1. The highest BCUT2D eigenvalue weighted by Gasteiger charge is 2.09. The number of rotatable bonds is 5. The first-order valence-electron chi connectivity index (χ1n) is 4.87. The Morgan fingerprint density at radius 1 is 1.20 bits per heavy atom. The van der Waals surface area contributed by atoms with Crippen LogP contribution in [0.15, 0.2) is 29.2 Å². The standard InChI is InChI=1S/C10H16N2O2S/c1-3-8-12-9-4-6-10(7-5-9)15(13,14)11-2/h4-7,11-12H,3,8H2,1-2H3. The maximum absolute atomic E-state index is 11.4. The second kappa shape index (κ2) is 5.14. The monoisotopic (exact) mass is 228 g/mol. The van der Waals surface area contributed by atoms with E-state index in [2.05, 4.69) is 17.0 Å². The van der Waals surface area contributed by atoms with Gasteiger partial charge in [-0.3, -0.25) is 0 Å². The quantitative estimate of drug-likeness (QED) is 0.801. The Labute approximate surface area is 90.8 Å². The predicted molar refractivity (Wildman–Crippen MR) is 61.5 cm³/mol. The molecule has 0 amide bonds. The molecule has 0 unspecified atom stereocenters. The first-order valence-corrected chi connectivity index (χ1v) is 6.36. The van der Waals surface area contributed by atoms with E-state index >= 15 is 0 Å². The molecule has 0 saturated carbocycles. The summed E-state index contributed by atoms with van der Waals surface area (Å²) in [6.45, 7) is 2.96. The molecule has 0 bridgehead atoms. The molecular formula is C10H16N2O2S. The van der Waals surface area contributed by atoms with Crippen molar-refractivity contribution in [1.82, 2.24) is 4.72 Å². The highest BCUT2D eigenvalue weighted by molar-refractivity contribution is 7.89. The summed E-state index contributed by atoms with van der Waals surface area (Å²) in [5.74, 6) is 0. The molecule has 0 aromatic heterocycles. The van der Waals surface area contributed by atoms with Crippen molar-refractivity contribution in [3.05, 3.63) is 24.3 Å². The molecule has 1 aromatic rings. The Balaban J connectivity index is 2.81. The fourth-order valence-corrected chi connectivity index (χ4v) is 1.87. The molecule has 0 aliphatic heterocycles. The number of hydrogen-bond donors (Lipinski definition) is 2. The van der Waals surface area contributed by atoms with Gasteiger partial charge in [-0.15, -0.1) is 0 Å². The van der Waals surface area contributed by atoms with Gasteiger partial charge in [-0.2, -0.15) is 0 Å². The first-order chi connectivity index (χ1) is 7.10. The maximum Gasteiger partial charge on any atom is 0.240 e. The minimum absolute atomic E-state index is 0.284. The fraction of sp³-hybridized carbons (Fsp3) is 0.400. The van der Waals surface area contributed by atoms with Crippen LogP contribution in [0.4, 0.5) is 5.69 Å². The molecule has 2 N–H and O–H groups in total. The van der Waals surface area contributed by atoms with Crippen molar-refractivity contribution in [2.75, 3.05) is 18.9 Å². The molecule has 1 rings (SSSR count). The van der Waals surface area contributed by atoms with Gasteiger partial charge in [0.15, 0.2) is 0 Å². The second-order valence-electron chi connectivity index (χ2n) is 3.16. The average Bonchev–Trinajstić information content (AvgIpc) is 2.27. The van der Waals surface area contributed by atoms with E-state index in [1.807, 2.05) is 0 Å². The lowest BCUT2D eigenvalue weighted by Crippen LogP contribution is -2.18. The summed E-state index contributed by atoms with van der Waals surface area (Å²) in [4.78, 5) is 0.284. The third-order valence-corrected chi connectivity index (χ3v) is 3.44. The summed E-state index contributed by atoms with van der Waals surface area (Å²) in [6.07, 6.45) is 1.04. The zero-order valence-corrected chi connectivity index (χ0v) is 9.76. The molecular weight excluding hydrogens is 212 g/mol. The lowest BCUT2D eigenvalue weighted by atomic mass is 10.3. The van der Waals surface area contributed by atoms with Gasteiger partial charge in [-0.1, -0.05) is 6.92 Å². The van der Waals surface area contributed by atoms with Gasteiger partial charge in [0.25, 0.3) is 0 Å². The number of anilines is 1. The maximum atomic E-state index is 11.4. The highest BCUT2D eigenvalue weighted by atomic mass is 32.2. The molecule has 0 saturated heterocycles. The van der Waals surface area contributed by atoms with Crippen LogP contribution in [0.25, 0.3) is 0 Å². The molecule has 4 nitrogen and oxygen atoms in total. The summed E-state index contributed by atoms with van der Waals surface area (Å²) in [5, 5.41) is 3.18. The Bertz CT molecular complexity index is 398. The van der Waals surface area contributed by atoms with Crippen LogP contribution in [-0.4, -0.2) is 22.0 Å². The van der Waals surface area contributed by atoms with E-state index in [1.165, 1.54) is 7.05 Å². The van der Waals surface area contributed by atoms with E-state index in [9.17, 15) is 8.42 Å². The van der Waals surface area contributed by atoms with Crippen molar-refractivity contribution in [3.8, 4) is 0 Å². The number of benzene rings is 1. The molecule has 0 aliphatic carbocycles. The van der Waals surface area contributed by atoms with Gasteiger partial charge in [0, 0.05) is 12.2 Å². The Hall–Kier alpha value is -1.07. The highest BCUT2D eigenvalue weighted by Crippen LogP contribution is 2.13. The van der Waals surface area contributed by atoms with E-state index in [0.29, 0.717) is 0 Å². The summed E-state index contributed by atoms with van der Waals surface area (Å²) in [7, 11) is -1.91. The van der Waals surface area contributed by atoms with Crippen molar-refractivity contribution >= 4 is 15.7 Å². The van der Waals surface area contributed by atoms with E-state index in [-0.39, 0.29) is 4.90 Å². The van der Waals surface area contributed by atoms with Crippen LogP contribution < -0.4 is 10.0 Å². The smallest absolute Gasteiger partial charge is 0.240 e. The molecule has 84 valence electrons. The van der Waals surface area contributed by atoms with Crippen molar-refractivity contribution in [3.63, 3.8) is 0 Å². The summed E-state index contributed by atoms with van der Waals surface area (Å²) < 4.78 is 25.1. The topological polar surface area (TPSA) is 58.2 Å². The van der Waals surface area contributed by atoms with Gasteiger partial charge >= 0.3 is 0 Å². The molecule has 0 heterocycles. The van der Waals surface area contributed by atoms with Crippen molar-refractivity contribution in [1.29, 1.82) is 0 Å². The lowest BCUT2D eigenvalue weighted by Gasteiger charge is -2.06. The lowest BCUT2D eigenvalue weighted by molar-refractivity contribution is 0.588. The molecule has 5 heteroatoms. The minimum atomic E-state index is -3.31. The summed E-state index contributed by atoms with van der Waals surface area (Å²) >= 11 is 0. The number of hydrogen-bond acceptors (Lipinski definition) is 3. The van der Waals surface area contributed by atoms with E-state index in [1.54, 1.807) is 24.3 Å². The van der Waals surface area contributed by atoms with Crippen molar-refractivity contribution < 1.29 is 8.42 Å². The number of sulfonamides is 1. The van der Waals surface area contributed by atoms with Crippen LogP contribution in [-0.2, 0) is 10.0 Å². The second-order valence-corrected chi connectivity index (χ2v) is 5.05. The Kier molecular flexibility index (Phi) is 4.11. The molecule has 0 atom stereocenters. The normalized spacial score (nSPS) is 11.3. The zero-order valence-electron chi connectivity index (χ0n) is 8.95. The molecule has 15 heavy (non-hydrogen) atoms. The Morgan fingerprint density at radius 2 is 1.80 bits per heavy atom. The van der Waals surface area contributed by atoms with Crippen LogP contribution in [0.1, 0.15) is 13.3 Å². The molecule has 0 fully saturated rings.